The number of oxazole rings is 1. The molecule has 142 valence electrons. The number of rotatable bonds is 6. The van der Waals surface area contributed by atoms with Crippen LogP contribution in [-0.2, 0) is 16.6 Å². The van der Waals surface area contributed by atoms with Crippen molar-refractivity contribution < 1.29 is 12.8 Å². The molecule has 27 heavy (non-hydrogen) atoms. The Morgan fingerprint density at radius 3 is 2.74 bits per heavy atom. The van der Waals surface area contributed by atoms with Gasteiger partial charge in [0.2, 0.25) is 10.0 Å². The van der Waals surface area contributed by atoms with E-state index >= 15 is 0 Å². The number of aromatic nitrogens is 1. The lowest BCUT2D eigenvalue weighted by atomic mass is 10.1. The number of hydrogen-bond donors (Lipinski definition) is 1. The summed E-state index contributed by atoms with van der Waals surface area (Å²) < 4.78 is 34.1. The molecule has 0 aliphatic heterocycles. The van der Waals surface area contributed by atoms with Gasteiger partial charge in [-0.25, -0.2) is 18.1 Å². The molecular weight excluding hydrogens is 380 g/mol. The Morgan fingerprint density at radius 2 is 1.96 bits per heavy atom. The van der Waals surface area contributed by atoms with Gasteiger partial charge < -0.3 is 4.42 Å². The molecule has 7 heteroatoms. The second-order valence-corrected chi connectivity index (χ2v) is 9.99. The summed E-state index contributed by atoms with van der Waals surface area (Å²) in [7, 11) is -3.56. The number of aryl methyl sites for hydroxylation is 1. The Hall–Kier alpha value is -1.96. The van der Waals surface area contributed by atoms with E-state index in [9.17, 15) is 8.42 Å². The van der Waals surface area contributed by atoms with Crippen molar-refractivity contribution in [3.05, 3.63) is 59.6 Å². The summed E-state index contributed by atoms with van der Waals surface area (Å²) in [5.74, 6) is 1.82. The van der Waals surface area contributed by atoms with Crippen molar-refractivity contribution in [2.45, 2.75) is 49.3 Å². The smallest absolute Gasteiger partial charge is 0.250 e. The zero-order chi connectivity index (χ0) is 18.9. The maximum atomic E-state index is 12.6. The largest absolute Gasteiger partial charge is 0.440 e. The first kappa shape index (κ1) is 18.4. The van der Waals surface area contributed by atoms with Gasteiger partial charge in [-0.05, 0) is 43.0 Å². The van der Waals surface area contributed by atoms with Gasteiger partial charge in [-0.15, -0.1) is 11.3 Å². The van der Waals surface area contributed by atoms with Gasteiger partial charge in [0.05, 0.1) is 11.1 Å². The van der Waals surface area contributed by atoms with Gasteiger partial charge in [-0.1, -0.05) is 37.1 Å². The lowest BCUT2D eigenvalue weighted by Crippen LogP contribution is -2.22. The second-order valence-electron chi connectivity index (χ2n) is 6.91. The predicted octanol–water partition coefficient (Wildman–Crippen LogP) is 4.85. The molecule has 1 saturated carbocycles. The van der Waals surface area contributed by atoms with E-state index < -0.39 is 10.0 Å². The topological polar surface area (TPSA) is 72.2 Å². The zero-order valence-electron chi connectivity index (χ0n) is 15.1. The van der Waals surface area contributed by atoms with Gasteiger partial charge >= 0.3 is 0 Å². The third-order valence-electron chi connectivity index (χ3n) is 5.03. The molecule has 0 unspecified atom stereocenters. The molecule has 4 rings (SSSR count). The average Bonchev–Trinajstić information content (AvgIpc) is 3.41. The van der Waals surface area contributed by atoms with E-state index in [1.54, 1.807) is 18.3 Å². The molecular formula is C20H22N2O3S2. The molecule has 3 aromatic rings. The van der Waals surface area contributed by atoms with Crippen molar-refractivity contribution in [1.82, 2.24) is 9.71 Å². The number of sulfonamides is 1. The van der Waals surface area contributed by atoms with Crippen molar-refractivity contribution in [3.8, 4) is 10.6 Å². The SMILES string of the molecule is Cc1ccccc1CNS(=O)(=O)c1ccc(-c2cnc(C3CCCC3)o2)s1. The van der Waals surface area contributed by atoms with E-state index in [0.717, 1.165) is 34.7 Å². The molecule has 1 aliphatic rings. The summed E-state index contributed by atoms with van der Waals surface area (Å²) in [4.78, 5) is 5.19. The molecule has 1 N–H and O–H groups in total. The molecule has 0 saturated heterocycles. The first-order valence-corrected chi connectivity index (χ1v) is 11.4. The minimum Gasteiger partial charge on any atom is -0.440 e. The molecule has 1 aliphatic carbocycles. The van der Waals surface area contributed by atoms with Crippen LogP contribution in [0.15, 0.2) is 51.2 Å². The molecule has 0 bridgehead atoms. The molecule has 0 amide bonds. The lowest BCUT2D eigenvalue weighted by molar-refractivity contribution is 0.458. The highest BCUT2D eigenvalue weighted by atomic mass is 32.2. The van der Waals surface area contributed by atoms with Crippen molar-refractivity contribution in [3.63, 3.8) is 0 Å². The van der Waals surface area contributed by atoms with Gasteiger partial charge in [-0.3, -0.25) is 0 Å². The van der Waals surface area contributed by atoms with E-state index in [-0.39, 0.29) is 10.8 Å². The third-order valence-corrected chi connectivity index (χ3v) is 8.02. The summed E-state index contributed by atoms with van der Waals surface area (Å²) >= 11 is 1.20. The number of benzene rings is 1. The number of nitrogens with one attached hydrogen (secondary N) is 1. The molecule has 1 aromatic carbocycles. The van der Waals surface area contributed by atoms with Gasteiger partial charge in [0, 0.05) is 12.5 Å². The number of thiophene rings is 1. The van der Waals surface area contributed by atoms with Crippen LogP contribution in [-0.4, -0.2) is 13.4 Å². The Labute approximate surface area is 163 Å². The summed E-state index contributed by atoms with van der Waals surface area (Å²) in [5.41, 5.74) is 2.03. The average molecular weight is 403 g/mol. The highest BCUT2D eigenvalue weighted by Gasteiger charge is 2.23. The van der Waals surface area contributed by atoms with Crippen molar-refractivity contribution in [2.24, 2.45) is 0 Å². The van der Waals surface area contributed by atoms with Crippen molar-refractivity contribution >= 4 is 21.4 Å². The minimum atomic E-state index is -3.56. The summed E-state index contributed by atoms with van der Waals surface area (Å²) in [6, 6.07) is 11.2. The third kappa shape index (κ3) is 4.00. The first-order valence-electron chi connectivity index (χ1n) is 9.13. The standard InChI is InChI=1S/C20H22N2O3S2/c1-14-6-2-3-9-16(14)12-22-27(23,24)19-11-10-18(26-19)17-13-21-20(25-17)15-7-4-5-8-15/h2-3,6,9-11,13,15,22H,4-5,7-8,12H2,1H3. The summed E-state index contributed by atoms with van der Waals surface area (Å²) in [6.07, 6.45) is 6.38. The maximum absolute atomic E-state index is 12.6. The fourth-order valence-corrected chi connectivity index (χ4v) is 5.72. The molecule has 5 nitrogen and oxygen atoms in total. The van der Waals surface area contributed by atoms with E-state index in [1.165, 1.54) is 24.2 Å². The van der Waals surface area contributed by atoms with Crippen LogP contribution in [0.4, 0.5) is 0 Å². The second kappa shape index (κ2) is 7.58. The van der Waals surface area contributed by atoms with Crippen LogP contribution in [0.3, 0.4) is 0 Å². The van der Waals surface area contributed by atoms with Crippen molar-refractivity contribution in [2.75, 3.05) is 0 Å². The lowest BCUT2D eigenvalue weighted by Gasteiger charge is -2.07. The van der Waals surface area contributed by atoms with Gasteiger partial charge in [-0.2, -0.15) is 0 Å². The Kier molecular flexibility index (Phi) is 5.16. The Morgan fingerprint density at radius 1 is 1.19 bits per heavy atom. The highest BCUT2D eigenvalue weighted by Crippen LogP contribution is 2.37. The summed E-state index contributed by atoms with van der Waals surface area (Å²) in [5, 5.41) is 0. The van der Waals surface area contributed by atoms with Crippen LogP contribution < -0.4 is 4.72 Å². The van der Waals surface area contributed by atoms with Crippen LogP contribution >= 0.6 is 11.3 Å². The molecule has 2 aromatic heterocycles. The quantitative estimate of drug-likeness (QED) is 0.640. The maximum Gasteiger partial charge on any atom is 0.250 e. The van der Waals surface area contributed by atoms with E-state index in [0.29, 0.717) is 11.7 Å². The van der Waals surface area contributed by atoms with Crippen LogP contribution in [0.1, 0.15) is 48.6 Å². The fraction of sp³-hybridized carbons (Fsp3) is 0.350. The van der Waals surface area contributed by atoms with Crippen LogP contribution in [0.5, 0.6) is 0 Å². The molecule has 0 atom stereocenters. The fourth-order valence-electron chi connectivity index (χ4n) is 3.41. The molecule has 1 fully saturated rings. The minimum absolute atomic E-state index is 0.274. The van der Waals surface area contributed by atoms with E-state index in [2.05, 4.69) is 9.71 Å². The van der Waals surface area contributed by atoms with Gasteiger partial charge in [0.25, 0.3) is 0 Å². The highest BCUT2D eigenvalue weighted by molar-refractivity contribution is 7.91. The molecule has 0 radical (unpaired) electrons. The van der Waals surface area contributed by atoms with E-state index in [1.807, 2.05) is 31.2 Å². The van der Waals surface area contributed by atoms with Crippen LogP contribution in [0.25, 0.3) is 10.6 Å². The van der Waals surface area contributed by atoms with Crippen molar-refractivity contribution in [1.29, 1.82) is 0 Å². The Balaban J connectivity index is 1.49. The molecule has 2 heterocycles. The zero-order valence-corrected chi connectivity index (χ0v) is 16.8. The molecule has 0 spiro atoms. The normalized spacial score (nSPS) is 15.4. The monoisotopic (exact) mass is 402 g/mol. The number of hydrogen-bond acceptors (Lipinski definition) is 5. The van der Waals surface area contributed by atoms with Gasteiger partial charge in [0.15, 0.2) is 11.7 Å². The number of nitrogens with zero attached hydrogens (tertiary/aromatic N) is 1. The van der Waals surface area contributed by atoms with Crippen LogP contribution in [0, 0.1) is 6.92 Å². The van der Waals surface area contributed by atoms with Gasteiger partial charge in [0.1, 0.15) is 4.21 Å². The first-order chi connectivity index (χ1) is 13.0. The van der Waals surface area contributed by atoms with Crippen LogP contribution in [0.2, 0.25) is 0 Å². The van der Waals surface area contributed by atoms with E-state index in [4.69, 9.17) is 4.42 Å². The predicted molar refractivity (Wildman–Crippen MR) is 106 cm³/mol. The Bertz CT molecular complexity index is 1030. The summed E-state index contributed by atoms with van der Waals surface area (Å²) in [6.45, 7) is 2.25.